The average Bonchev–Trinajstić information content (AvgIpc) is 3.02. The van der Waals surface area contributed by atoms with Crippen molar-refractivity contribution in [2.45, 2.75) is 25.4 Å². The van der Waals surface area contributed by atoms with Crippen molar-refractivity contribution in [3.05, 3.63) is 53.9 Å². The van der Waals surface area contributed by atoms with Gasteiger partial charge < -0.3 is 10.8 Å². The largest absolute Gasteiger partial charge is 0.395 e. The zero-order valence-corrected chi connectivity index (χ0v) is 13.0. The third-order valence-electron chi connectivity index (χ3n) is 4.38. The molecule has 1 aliphatic heterocycles. The Bertz CT molecular complexity index is 702. The van der Waals surface area contributed by atoms with Gasteiger partial charge in [-0.1, -0.05) is 18.2 Å². The van der Waals surface area contributed by atoms with Crippen molar-refractivity contribution in [1.82, 2.24) is 9.88 Å². The monoisotopic (exact) mass is 311 g/mol. The van der Waals surface area contributed by atoms with Crippen molar-refractivity contribution in [1.29, 1.82) is 0 Å². The Labute approximate surface area is 135 Å². The normalized spacial score (nSPS) is 18.2. The standard InChI is InChI=1S/C18H21N3O2/c19-18(23)16-8-15(9-20-10-16)14-4-1-3-13(7-14)11-21-6-2-5-17(21)12-22/h1,3-4,7-10,17,22H,2,5-6,11-12H2,(H2,19,23)/t17-/m0/s1. The van der Waals surface area contributed by atoms with E-state index in [2.05, 4.69) is 22.0 Å². The van der Waals surface area contributed by atoms with Crippen molar-refractivity contribution in [3.63, 3.8) is 0 Å². The predicted molar refractivity (Wildman–Crippen MR) is 88.7 cm³/mol. The Morgan fingerprint density at radius 1 is 1.30 bits per heavy atom. The molecule has 3 rings (SSSR count). The molecule has 0 bridgehead atoms. The number of nitrogens with two attached hydrogens (primary N) is 1. The van der Waals surface area contributed by atoms with E-state index in [0.717, 1.165) is 37.1 Å². The topological polar surface area (TPSA) is 79.5 Å². The number of hydrogen-bond acceptors (Lipinski definition) is 4. The fourth-order valence-corrected chi connectivity index (χ4v) is 3.13. The molecule has 0 radical (unpaired) electrons. The summed E-state index contributed by atoms with van der Waals surface area (Å²) in [6.07, 6.45) is 5.40. The first-order valence-corrected chi connectivity index (χ1v) is 7.86. The summed E-state index contributed by atoms with van der Waals surface area (Å²) in [5.74, 6) is -0.474. The van der Waals surface area contributed by atoms with Gasteiger partial charge >= 0.3 is 0 Å². The lowest BCUT2D eigenvalue weighted by Gasteiger charge is -2.22. The number of aliphatic hydroxyl groups excluding tert-OH is 1. The number of carbonyl (C=O) groups is 1. The lowest BCUT2D eigenvalue weighted by atomic mass is 10.0. The van der Waals surface area contributed by atoms with Crippen LogP contribution in [0.4, 0.5) is 0 Å². The van der Waals surface area contributed by atoms with Crippen LogP contribution in [0.3, 0.4) is 0 Å². The summed E-state index contributed by atoms with van der Waals surface area (Å²) >= 11 is 0. The molecule has 120 valence electrons. The number of amides is 1. The second-order valence-corrected chi connectivity index (χ2v) is 5.98. The highest BCUT2D eigenvalue weighted by Gasteiger charge is 2.23. The molecular weight excluding hydrogens is 290 g/mol. The molecule has 2 heterocycles. The second kappa shape index (κ2) is 6.89. The molecule has 0 aliphatic carbocycles. The van der Waals surface area contributed by atoms with Crippen LogP contribution in [-0.2, 0) is 6.54 Å². The molecule has 2 aromatic rings. The number of aromatic nitrogens is 1. The molecule has 23 heavy (non-hydrogen) atoms. The van der Waals surface area contributed by atoms with Crippen LogP contribution < -0.4 is 5.73 Å². The Hall–Kier alpha value is -2.24. The molecule has 5 heteroatoms. The number of likely N-dealkylation sites (tertiary alicyclic amines) is 1. The summed E-state index contributed by atoms with van der Waals surface area (Å²) in [4.78, 5) is 17.7. The van der Waals surface area contributed by atoms with E-state index in [4.69, 9.17) is 5.73 Å². The molecule has 5 nitrogen and oxygen atoms in total. The van der Waals surface area contributed by atoms with Crippen LogP contribution in [0, 0.1) is 0 Å². The molecule has 1 saturated heterocycles. The van der Waals surface area contributed by atoms with Gasteiger partial charge in [-0.3, -0.25) is 14.7 Å². The van der Waals surface area contributed by atoms with E-state index in [-0.39, 0.29) is 12.6 Å². The van der Waals surface area contributed by atoms with Crippen molar-refractivity contribution in [2.24, 2.45) is 5.73 Å². The first-order chi connectivity index (χ1) is 11.2. The molecular formula is C18H21N3O2. The summed E-state index contributed by atoms with van der Waals surface area (Å²) in [5.41, 5.74) is 8.81. The molecule has 0 spiro atoms. The maximum Gasteiger partial charge on any atom is 0.250 e. The van der Waals surface area contributed by atoms with Crippen LogP contribution in [0.2, 0.25) is 0 Å². The van der Waals surface area contributed by atoms with Gasteiger partial charge in [-0.2, -0.15) is 0 Å². The Morgan fingerprint density at radius 3 is 2.96 bits per heavy atom. The predicted octanol–water partition coefficient (Wildman–Crippen LogP) is 1.80. The third kappa shape index (κ3) is 3.57. The number of aliphatic hydroxyl groups is 1. The van der Waals surface area contributed by atoms with E-state index < -0.39 is 5.91 Å². The van der Waals surface area contributed by atoms with Gasteiger partial charge in [-0.15, -0.1) is 0 Å². The van der Waals surface area contributed by atoms with Crippen molar-refractivity contribution in [3.8, 4) is 11.1 Å². The zero-order valence-electron chi connectivity index (χ0n) is 13.0. The number of pyridine rings is 1. The van der Waals surface area contributed by atoms with Crippen molar-refractivity contribution < 1.29 is 9.90 Å². The van der Waals surface area contributed by atoms with Gasteiger partial charge in [0.2, 0.25) is 5.91 Å². The van der Waals surface area contributed by atoms with Gasteiger partial charge in [0.1, 0.15) is 0 Å². The lowest BCUT2D eigenvalue weighted by Crippen LogP contribution is -2.31. The van der Waals surface area contributed by atoms with Crippen LogP contribution in [-0.4, -0.2) is 40.1 Å². The quantitative estimate of drug-likeness (QED) is 0.882. The summed E-state index contributed by atoms with van der Waals surface area (Å²) in [5, 5.41) is 9.44. The molecule has 1 amide bonds. The summed E-state index contributed by atoms with van der Waals surface area (Å²) in [6.45, 7) is 2.06. The van der Waals surface area contributed by atoms with Gasteiger partial charge in [0.25, 0.3) is 0 Å². The van der Waals surface area contributed by atoms with Gasteiger partial charge in [0.05, 0.1) is 12.2 Å². The summed E-state index contributed by atoms with van der Waals surface area (Å²) in [7, 11) is 0. The van der Waals surface area contributed by atoms with Crippen LogP contribution in [0.15, 0.2) is 42.7 Å². The molecule has 1 fully saturated rings. The lowest BCUT2D eigenvalue weighted by molar-refractivity contribution is 0.1000. The third-order valence-corrected chi connectivity index (χ3v) is 4.38. The fourth-order valence-electron chi connectivity index (χ4n) is 3.13. The smallest absolute Gasteiger partial charge is 0.250 e. The number of primary amides is 1. The van der Waals surface area contributed by atoms with Crippen LogP contribution in [0.5, 0.6) is 0 Å². The van der Waals surface area contributed by atoms with E-state index in [1.165, 1.54) is 11.8 Å². The zero-order chi connectivity index (χ0) is 16.2. The van der Waals surface area contributed by atoms with E-state index in [1.807, 2.05) is 12.1 Å². The minimum absolute atomic E-state index is 0.213. The van der Waals surface area contributed by atoms with Crippen LogP contribution >= 0.6 is 0 Å². The Balaban J connectivity index is 1.82. The van der Waals surface area contributed by atoms with E-state index in [9.17, 15) is 9.90 Å². The summed E-state index contributed by atoms with van der Waals surface area (Å²) in [6, 6.07) is 10.2. The maximum absolute atomic E-state index is 11.3. The number of hydrogen-bond donors (Lipinski definition) is 2. The number of rotatable bonds is 5. The van der Waals surface area contributed by atoms with Gasteiger partial charge in [0.15, 0.2) is 0 Å². The molecule has 1 aromatic heterocycles. The first kappa shape index (κ1) is 15.6. The highest BCUT2D eigenvalue weighted by Crippen LogP contribution is 2.24. The number of benzene rings is 1. The summed E-state index contributed by atoms with van der Waals surface area (Å²) < 4.78 is 0. The SMILES string of the molecule is NC(=O)c1cncc(-c2cccc(CN3CCC[C@H]3CO)c2)c1. The van der Waals surface area contributed by atoms with Gasteiger partial charge in [-0.05, 0) is 42.6 Å². The molecule has 1 aromatic carbocycles. The van der Waals surface area contributed by atoms with E-state index in [1.54, 1.807) is 12.3 Å². The van der Waals surface area contributed by atoms with Crippen molar-refractivity contribution >= 4 is 5.91 Å². The second-order valence-electron chi connectivity index (χ2n) is 5.98. The van der Waals surface area contributed by atoms with Crippen molar-refractivity contribution in [2.75, 3.05) is 13.2 Å². The highest BCUT2D eigenvalue weighted by molar-refractivity contribution is 5.93. The maximum atomic E-state index is 11.3. The molecule has 0 saturated carbocycles. The average molecular weight is 311 g/mol. The Morgan fingerprint density at radius 2 is 2.17 bits per heavy atom. The minimum Gasteiger partial charge on any atom is -0.395 e. The highest BCUT2D eigenvalue weighted by atomic mass is 16.3. The Kier molecular flexibility index (Phi) is 4.69. The van der Waals surface area contributed by atoms with Crippen LogP contribution in [0.1, 0.15) is 28.8 Å². The fraction of sp³-hybridized carbons (Fsp3) is 0.333. The van der Waals surface area contributed by atoms with E-state index in [0.29, 0.717) is 5.56 Å². The minimum atomic E-state index is -0.474. The first-order valence-electron chi connectivity index (χ1n) is 7.86. The van der Waals surface area contributed by atoms with Crippen LogP contribution in [0.25, 0.3) is 11.1 Å². The number of carbonyl (C=O) groups excluding carboxylic acids is 1. The van der Waals surface area contributed by atoms with Gasteiger partial charge in [0, 0.05) is 30.5 Å². The molecule has 3 N–H and O–H groups in total. The molecule has 0 unspecified atom stereocenters. The molecule has 1 atom stereocenters. The molecule has 1 aliphatic rings. The van der Waals surface area contributed by atoms with E-state index >= 15 is 0 Å². The van der Waals surface area contributed by atoms with Gasteiger partial charge in [-0.25, -0.2) is 0 Å². The number of nitrogens with zero attached hydrogens (tertiary/aromatic N) is 2.